The maximum absolute atomic E-state index is 12.8. The number of nitrogens with zero attached hydrogens (tertiary/aromatic N) is 1. The second-order valence-corrected chi connectivity index (χ2v) is 7.86. The van der Waals surface area contributed by atoms with Crippen molar-refractivity contribution < 1.29 is 45.7 Å². The first-order chi connectivity index (χ1) is 15.2. The van der Waals surface area contributed by atoms with Crippen LogP contribution in [0.2, 0.25) is 0 Å². The average Bonchev–Trinajstić information content (AvgIpc) is 3.53. The van der Waals surface area contributed by atoms with Gasteiger partial charge in [-0.15, -0.1) is 13.2 Å². The van der Waals surface area contributed by atoms with Gasteiger partial charge >= 0.3 is 12.5 Å². The maximum atomic E-state index is 12.8. The second-order valence-electron chi connectivity index (χ2n) is 7.86. The van der Waals surface area contributed by atoms with Gasteiger partial charge in [0.15, 0.2) is 5.60 Å². The largest absolute Gasteiger partial charge is 0.573 e. The molecule has 1 amide bonds. The lowest BCUT2D eigenvalue weighted by Crippen LogP contribution is -2.51. The smallest absolute Gasteiger partial charge is 0.477 e. The third-order valence-corrected chi connectivity index (χ3v) is 4.87. The Morgan fingerprint density at radius 1 is 1.15 bits per heavy atom. The molecule has 1 unspecified atom stereocenters. The Labute approximate surface area is 184 Å². The quantitative estimate of drug-likeness (QED) is 0.547. The number of aliphatic hydroxyl groups is 1. The van der Waals surface area contributed by atoms with E-state index in [1.54, 1.807) is 0 Å². The molecule has 0 spiro atoms. The molecule has 1 heterocycles. The van der Waals surface area contributed by atoms with Crippen molar-refractivity contribution in [1.82, 2.24) is 10.3 Å². The number of alkyl halides is 6. The molecule has 3 rings (SSSR count). The van der Waals surface area contributed by atoms with Crippen LogP contribution in [0.1, 0.15) is 30.1 Å². The van der Waals surface area contributed by atoms with Crippen LogP contribution in [0, 0.1) is 5.92 Å². The van der Waals surface area contributed by atoms with Crippen molar-refractivity contribution in [3.05, 3.63) is 42.1 Å². The van der Waals surface area contributed by atoms with Crippen molar-refractivity contribution >= 4 is 5.91 Å². The Kier molecular flexibility index (Phi) is 6.78. The Hall–Kier alpha value is -3.02. The molecule has 33 heavy (non-hydrogen) atoms. The highest BCUT2D eigenvalue weighted by Crippen LogP contribution is 2.35. The number of pyridine rings is 1. The van der Waals surface area contributed by atoms with E-state index in [1.807, 2.05) is 5.32 Å². The maximum Gasteiger partial charge on any atom is 0.573 e. The van der Waals surface area contributed by atoms with Gasteiger partial charge < -0.3 is 19.9 Å². The molecular formula is C21H20F6N2O4. The summed E-state index contributed by atoms with van der Waals surface area (Å²) in [7, 11) is 0. The van der Waals surface area contributed by atoms with Gasteiger partial charge in [0.25, 0.3) is 5.91 Å². The van der Waals surface area contributed by atoms with Gasteiger partial charge in [-0.1, -0.05) is 12.1 Å². The number of carbonyl (C=O) groups excluding carboxylic acids is 1. The summed E-state index contributed by atoms with van der Waals surface area (Å²) in [5.41, 5.74) is -2.66. The van der Waals surface area contributed by atoms with E-state index in [0.717, 1.165) is 31.2 Å². The van der Waals surface area contributed by atoms with Crippen LogP contribution in [0.25, 0.3) is 11.1 Å². The Morgan fingerprint density at radius 2 is 1.79 bits per heavy atom. The number of carbonyl (C=O) groups is 1. The molecule has 1 saturated carbocycles. The molecular weight excluding hydrogens is 458 g/mol. The number of hydrogen-bond acceptors (Lipinski definition) is 5. The third-order valence-electron chi connectivity index (χ3n) is 4.87. The van der Waals surface area contributed by atoms with Crippen molar-refractivity contribution in [3.63, 3.8) is 0 Å². The van der Waals surface area contributed by atoms with Gasteiger partial charge in [0.05, 0.1) is 18.7 Å². The molecule has 1 aliphatic rings. The fourth-order valence-electron chi connectivity index (χ4n) is 2.67. The number of benzene rings is 1. The van der Waals surface area contributed by atoms with Crippen LogP contribution in [-0.4, -0.2) is 47.3 Å². The lowest BCUT2D eigenvalue weighted by Gasteiger charge is -2.26. The highest BCUT2D eigenvalue weighted by atomic mass is 19.4. The van der Waals surface area contributed by atoms with Gasteiger partial charge in [-0.05, 0) is 49.4 Å². The van der Waals surface area contributed by atoms with E-state index in [9.17, 15) is 36.2 Å². The summed E-state index contributed by atoms with van der Waals surface area (Å²) in [5.74, 6) is -0.915. The number of rotatable bonds is 8. The fraction of sp³-hybridized carbons (Fsp3) is 0.429. The summed E-state index contributed by atoms with van der Waals surface area (Å²) < 4.78 is 85.1. The molecule has 1 fully saturated rings. The number of aromatic nitrogens is 1. The molecule has 1 aromatic heterocycles. The van der Waals surface area contributed by atoms with E-state index in [4.69, 9.17) is 4.74 Å². The zero-order valence-corrected chi connectivity index (χ0v) is 17.3. The molecule has 0 saturated heterocycles. The van der Waals surface area contributed by atoms with Crippen molar-refractivity contribution in [2.75, 3.05) is 13.2 Å². The molecule has 12 heteroatoms. The predicted molar refractivity (Wildman–Crippen MR) is 104 cm³/mol. The molecule has 1 aromatic carbocycles. The van der Waals surface area contributed by atoms with Crippen LogP contribution < -0.4 is 14.8 Å². The summed E-state index contributed by atoms with van der Waals surface area (Å²) in [6, 6.07) is 6.05. The lowest BCUT2D eigenvalue weighted by molar-refractivity contribution is -0.274. The minimum atomic E-state index is -4.95. The zero-order valence-electron chi connectivity index (χ0n) is 17.3. The van der Waals surface area contributed by atoms with Gasteiger partial charge in [-0.25, -0.2) is 4.98 Å². The Morgan fingerprint density at radius 3 is 2.33 bits per heavy atom. The normalized spacial score (nSPS) is 16.1. The van der Waals surface area contributed by atoms with Gasteiger partial charge in [0.2, 0.25) is 5.88 Å². The molecule has 6 nitrogen and oxygen atoms in total. The predicted octanol–water partition coefficient (Wildman–Crippen LogP) is 4.48. The molecule has 1 atom stereocenters. The van der Waals surface area contributed by atoms with Gasteiger partial charge in [-0.3, -0.25) is 4.79 Å². The van der Waals surface area contributed by atoms with E-state index in [2.05, 4.69) is 9.72 Å². The van der Waals surface area contributed by atoms with Crippen LogP contribution in [0.15, 0.2) is 36.5 Å². The van der Waals surface area contributed by atoms with Crippen LogP contribution in [-0.2, 0) is 0 Å². The molecule has 0 aliphatic heterocycles. The molecule has 0 bridgehead atoms. The number of ether oxygens (including phenoxy) is 2. The van der Waals surface area contributed by atoms with Crippen LogP contribution in [0.4, 0.5) is 26.3 Å². The summed E-state index contributed by atoms with van der Waals surface area (Å²) in [4.78, 5) is 16.5. The molecule has 180 valence electrons. The van der Waals surface area contributed by atoms with Crippen molar-refractivity contribution in [2.45, 2.75) is 37.9 Å². The van der Waals surface area contributed by atoms with E-state index in [0.29, 0.717) is 25.0 Å². The standard InChI is InChI=1S/C21H20F6N2O4/c1-19(31,20(22,23)24)11-29-17(30)14-8-16(18(28-9-14)32-10-12-2-3-12)13-4-6-15(7-5-13)33-21(25,26)27/h4-9,12,31H,2-3,10-11H2,1H3,(H,29,30). The SMILES string of the molecule is CC(O)(CNC(=O)c1cnc(OCC2CC2)c(-c2ccc(OC(F)(F)F)cc2)c1)C(F)(F)F. The Bertz CT molecular complexity index is 986. The monoisotopic (exact) mass is 478 g/mol. The van der Waals surface area contributed by atoms with Gasteiger partial charge in [0, 0.05) is 11.8 Å². The summed E-state index contributed by atoms with van der Waals surface area (Å²) >= 11 is 0. The van der Waals surface area contributed by atoms with E-state index >= 15 is 0 Å². The second kappa shape index (κ2) is 9.08. The number of hydrogen-bond donors (Lipinski definition) is 2. The Balaban J connectivity index is 1.84. The van der Waals surface area contributed by atoms with Crippen molar-refractivity contribution in [3.8, 4) is 22.8 Å². The first-order valence-electron chi connectivity index (χ1n) is 9.81. The molecule has 2 N–H and O–H groups in total. The molecule has 1 aliphatic carbocycles. The molecule has 2 aromatic rings. The van der Waals surface area contributed by atoms with Crippen LogP contribution >= 0.6 is 0 Å². The zero-order chi connectivity index (χ0) is 24.4. The van der Waals surface area contributed by atoms with E-state index in [-0.39, 0.29) is 17.0 Å². The van der Waals surface area contributed by atoms with Crippen LogP contribution in [0.3, 0.4) is 0 Å². The number of nitrogens with one attached hydrogen (secondary N) is 1. The minimum Gasteiger partial charge on any atom is -0.477 e. The average molecular weight is 478 g/mol. The topological polar surface area (TPSA) is 80.7 Å². The fourth-order valence-corrected chi connectivity index (χ4v) is 2.67. The minimum absolute atomic E-state index is 0.116. The summed E-state index contributed by atoms with van der Waals surface area (Å²) in [6.07, 6.45) is -6.75. The number of halogens is 6. The third kappa shape index (κ3) is 6.73. The van der Waals surface area contributed by atoms with E-state index in [1.165, 1.54) is 18.2 Å². The molecule has 0 radical (unpaired) electrons. The number of amides is 1. The van der Waals surface area contributed by atoms with Crippen molar-refractivity contribution in [2.24, 2.45) is 5.92 Å². The van der Waals surface area contributed by atoms with Gasteiger partial charge in [-0.2, -0.15) is 13.2 Å². The van der Waals surface area contributed by atoms with Crippen molar-refractivity contribution in [1.29, 1.82) is 0 Å². The van der Waals surface area contributed by atoms with Gasteiger partial charge in [0.1, 0.15) is 5.75 Å². The lowest BCUT2D eigenvalue weighted by atomic mass is 10.0. The van der Waals surface area contributed by atoms with E-state index < -0.39 is 36.3 Å². The first-order valence-corrected chi connectivity index (χ1v) is 9.81. The summed E-state index contributed by atoms with van der Waals surface area (Å²) in [6.45, 7) is -0.209. The highest BCUT2D eigenvalue weighted by molar-refractivity contribution is 5.95. The summed E-state index contributed by atoms with van der Waals surface area (Å²) in [5, 5.41) is 11.5. The first kappa shape index (κ1) is 24.6. The van der Waals surface area contributed by atoms with Crippen LogP contribution in [0.5, 0.6) is 11.6 Å². The highest BCUT2D eigenvalue weighted by Gasteiger charge is 2.50.